The fourth-order valence-corrected chi connectivity index (χ4v) is 5.12. The van der Waals surface area contributed by atoms with E-state index in [9.17, 15) is 0 Å². The largest absolute Gasteiger partial charge is 0.0879 e. The van der Waals surface area contributed by atoms with Gasteiger partial charge in [-0.25, -0.2) is 0 Å². The maximum atomic E-state index is 2.54. The highest BCUT2D eigenvalue weighted by atomic mass is 14.8. The van der Waals surface area contributed by atoms with Crippen molar-refractivity contribution in [2.24, 2.45) is 35.0 Å². The second-order valence-electron chi connectivity index (χ2n) is 5.66. The van der Waals surface area contributed by atoms with E-state index in [4.69, 9.17) is 0 Å². The lowest BCUT2D eigenvalue weighted by Gasteiger charge is -2.45. The van der Waals surface area contributed by atoms with E-state index in [1.807, 2.05) is 0 Å². The molecular formula is C12H16. The summed E-state index contributed by atoms with van der Waals surface area (Å²) in [4.78, 5) is 0. The van der Waals surface area contributed by atoms with Crippen molar-refractivity contribution in [1.29, 1.82) is 0 Å². The molecule has 4 rings (SSSR count). The summed E-state index contributed by atoms with van der Waals surface area (Å²) in [5, 5.41) is 0. The van der Waals surface area contributed by atoms with Gasteiger partial charge in [0.1, 0.15) is 0 Å². The zero-order valence-electron chi connectivity index (χ0n) is 7.66. The van der Waals surface area contributed by atoms with Gasteiger partial charge in [0.05, 0.1) is 0 Å². The Labute approximate surface area is 74.0 Å². The molecular weight excluding hydrogens is 144 g/mol. The van der Waals surface area contributed by atoms with Crippen molar-refractivity contribution >= 4 is 0 Å². The molecule has 4 aliphatic rings. The summed E-state index contributed by atoms with van der Waals surface area (Å²) >= 11 is 0. The lowest BCUT2D eigenvalue weighted by Crippen LogP contribution is -2.38. The molecule has 3 fully saturated rings. The van der Waals surface area contributed by atoms with Crippen LogP contribution >= 0.6 is 0 Å². The average Bonchev–Trinajstić information content (AvgIpc) is 2.52. The van der Waals surface area contributed by atoms with Gasteiger partial charge in [0, 0.05) is 0 Å². The van der Waals surface area contributed by atoms with Gasteiger partial charge in [-0.2, -0.15) is 0 Å². The molecule has 0 aromatic heterocycles. The smallest absolute Gasteiger partial charge is 0.0165 e. The molecule has 0 heterocycles. The van der Waals surface area contributed by atoms with E-state index in [-0.39, 0.29) is 0 Å². The molecule has 0 N–H and O–H groups in total. The molecule has 0 aromatic rings. The van der Waals surface area contributed by atoms with Crippen LogP contribution in [0, 0.1) is 35.0 Å². The quantitative estimate of drug-likeness (QED) is 0.478. The first-order chi connectivity index (χ1) is 5.83. The SMILES string of the molecule is CC1CC23CC2C2C=CCC2C13. The van der Waals surface area contributed by atoms with Gasteiger partial charge in [-0.3, -0.25) is 0 Å². The van der Waals surface area contributed by atoms with Gasteiger partial charge in [-0.15, -0.1) is 0 Å². The molecule has 0 amide bonds. The Hall–Kier alpha value is -0.260. The van der Waals surface area contributed by atoms with E-state index in [1.54, 1.807) is 12.8 Å². The predicted octanol–water partition coefficient (Wildman–Crippen LogP) is 2.85. The van der Waals surface area contributed by atoms with Crippen LogP contribution in [-0.4, -0.2) is 0 Å². The van der Waals surface area contributed by atoms with Crippen LogP contribution in [-0.2, 0) is 0 Å². The molecule has 0 nitrogen and oxygen atoms in total. The highest BCUT2D eigenvalue weighted by Gasteiger charge is 2.75. The van der Waals surface area contributed by atoms with Crippen LogP contribution < -0.4 is 0 Å². The van der Waals surface area contributed by atoms with Gasteiger partial charge in [-0.05, 0) is 54.3 Å². The summed E-state index contributed by atoms with van der Waals surface area (Å²) in [5.41, 5.74) is 0.916. The number of hydrogen-bond acceptors (Lipinski definition) is 0. The van der Waals surface area contributed by atoms with Gasteiger partial charge in [0.2, 0.25) is 0 Å². The third-order valence-corrected chi connectivity index (χ3v) is 5.34. The molecule has 1 spiro atoms. The zero-order chi connectivity index (χ0) is 7.92. The minimum atomic E-state index is 0.916. The topological polar surface area (TPSA) is 0 Å². The summed E-state index contributed by atoms with van der Waals surface area (Å²) in [7, 11) is 0. The Morgan fingerprint density at radius 3 is 3.08 bits per heavy atom. The third kappa shape index (κ3) is 0.427. The maximum Gasteiger partial charge on any atom is -0.0165 e. The summed E-state index contributed by atoms with van der Waals surface area (Å²) < 4.78 is 0. The van der Waals surface area contributed by atoms with Crippen LogP contribution in [0.5, 0.6) is 0 Å². The van der Waals surface area contributed by atoms with E-state index < -0.39 is 0 Å². The highest BCUT2D eigenvalue weighted by Crippen LogP contribution is 2.82. The van der Waals surface area contributed by atoms with Crippen molar-refractivity contribution < 1.29 is 0 Å². The molecule has 6 unspecified atom stereocenters. The van der Waals surface area contributed by atoms with E-state index in [0.29, 0.717) is 0 Å². The van der Waals surface area contributed by atoms with Crippen LogP contribution in [0.15, 0.2) is 12.2 Å². The Morgan fingerprint density at radius 2 is 2.25 bits per heavy atom. The van der Waals surface area contributed by atoms with Gasteiger partial charge >= 0.3 is 0 Å². The fraction of sp³-hybridized carbons (Fsp3) is 0.833. The summed E-state index contributed by atoms with van der Waals surface area (Å²) in [5.74, 6) is 5.46. The van der Waals surface area contributed by atoms with Crippen LogP contribution in [0.1, 0.15) is 26.2 Å². The van der Waals surface area contributed by atoms with Crippen molar-refractivity contribution in [2.45, 2.75) is 26.2 Å². The molecule has 0 aliphatic heterocycles. The summed E-state index contributed by atoms with van der Waals surface area (Å²) in [6, 6.07) is 0. The van der Waals surface area contributed by atoms with Crippen molar-refractivity contribution in [3.05, 3.63) is 12.2 Å². The van der Waals surface area contributed by atoms with Gasteiger partial charge in [0.25, 0.3) is 0 Å². The molecule has 3 saturated carbocycles. The first-order valence-corrected chi connectivity index (χ1v) is 5.49. The maximum absolute atomic E-state index is 2.54. The van der Waals surface area contributed by atoms with Gasteiger partial charge in [-0.1, -0.05) is 19.1 Å². The van der Waals surface area contributed by atoms with Crippen molar-refractivity contribution in [2.75, 3.05) is 0 Å². The van der Waals surface area contributed by atoms with Crippen LogP contribution in [0.25, 0.3) is 0 Å². The average molecular weight is 160 g/mol. The molecule has 64 valence electrons. The summed E-state index contributed by atoms with van der Waals surface area (Å²) in [6.07, 6.45) is 9.56. The lowest BCUT2D eigenvalue weighted by molar-refractivity contribution is 0.0369. The molecule has 0 radical (unpaired) electrons. The third-order valence-electron chi connectivity index (χ3n) is 5.34. The fourth-order valence-electron chi connectivity index (χ4n) is 5.12. The van der Waals surface area contributed by atoms with Crippen LogP contribution in [0.3, 0.4) is 0 Å². The molecule has 4 aliphatic carbocycles. The number of allylic oxidation sites excluding steroid dienone is 2. The normalized spacial score (nSPS) is 69.9. The van der Waals surface area contributed by atoms with Crippen molar-refractivity contribution in [3.63, 3.8) is 0 Å². The lowest BCUT2D eigenvalue weighted by atomic mass is 9.60. The van der Waals surface area contributed by atoms with E-state index in [1.165, 1.54) is 6.42 Å². The second-order valence-corrected chi connectivity index (χ2v) is 5.66. The van der Waals surface area contributed by atoms with E-state index >= 15 is 0 Å². The van der Waals surface area contributed by atoms with Gasteiger partial charge < -0.3 is 0 Å². The number of rotatable bonds is 0. The zero-order valence-corrected chi connectivity index (χ0v) is 7.66. The predicted molar refractivity (Wildman–Crippen MR) is 48.5 cm³/mol. The summed E-state index contributed by atoms with van der Waals surface area (Å²) in [6.45, 7) is 2.48. The van der Waals surface area contributed by atoms with E-state index in [2.05, 4.69) is 19.1 Å². The monoisotopic (exact) mass is 160 g/mol. The first-order valence-electron chi connectivity index (χ1n) is 5.49. The second kappa shape index (κ2) is 1.54. The minimum Gasteiger partial charge on any atom is -0.0879 e. The van der Waals surface area contributed by atoms with Crippen molar-refractivity contribution in [3.8, 4) is 0 Å². The van der Waals surface area contributed by atoms with Crippen LogP contribution in [0.4, 0.5) is 0 Å². The standard InChI is InChI=1S/C12H16/c1-7-5-12-6-10(12)8-3-2-4-9(8)11(7)12/h2-3,7-11H,4-6H2,1H3. The highest BCUT2D eigenvalue weighted by molar-refractivity contribution is 5.29. The van der Waals surface area contributed by atoms with Gasteiger partial charge in [0.15, 0.2) is 0 Å². The molecule has 12 heavy (non-hydrogen) atoms. The molecule has 0 aromatic carbocycles. The van der Waals surface area contributed by atoms with Crippen molar-refractivity contribution in [1.82, 2.24) is 0 Å². The van der Waals surface area contributed by atoms with Crippen LogP contribution in [0.2, 0.25) is 0 Å². The molecule has 6 atom stereocenters. The Bertz CT molecular complexity index is 278. The number of hydrogen-bond donors (Lipinski definition) is 0. The molecule has 0 saturated heterocycles. The molecule has 0 heteroatoms. The Kier molecular flexibility index (Phi) is 0.799. The molecule has 0 bridgehead atoms. The Morgan fingerprint density at radius 1 is 1.33 bits per heavy atom. The minimum absolute atomic E-state index is 0.916. The number of fused-ring (bicyclic) bond motifs is 3. The Balaban J connectivity index is 1.79. The van der Waals surface area contributed by atoms with E-state index in [0.717, 1.165) is 35.0 Å². The first kappa shape index (κ1) is 6.23.